The van der Waals surface area contributed by atoms with Crippen LogP contribution in [0.4, 0.5) is 11.4 Å². The minimum absolute atomic E-state index is 0.113. The van der Waals surface area contributed by atoms with Crippen LogP contribution in [0.15, 0.2) is 36.5 Å². The van der Waals surface area contributed by atoms with Crippen molar-refractivity contribution in [3.8, 4) is 5.75 Å². The lowest BCUT2D eigenvalue weighted by molar-refractivity contribution is -0.384. The summed E-state index contributed by atoms with van der Waals surface area (Å²) in [4.78, 5) is 26.1. The van der Waals surface area contributed by atoms with E-state index < -0.39 is 10.8 Å². The fourth-order valence-corrected chi connectivity index (χ4v) is 1.83. The molecule has 0 aliphatic carbocycles. The quantitative estimate of drug-likeness (QED) is 0.532. The molecule has 0 atom stereocenters. The maximum Gasteiger partial charge on any atom is 0.273 e. The fraction of sp³-hybridized carbons (Fsp3) is 0.0769. The van der Waals surface area contributed by atoms with E-state index in [4.69, 9.17) is 16.3 Å². The molecule has 0 spiro atoms. The minimum atomic E-state index is -0.563. The number of pyridine rings is 1. The van der Waals surface area contributed by atoms with Crippen LogP contribution in [-0.4, -0.2) is 22.9 Å². The summed E-state index contributed by atoms with van der Waals surface area (Å²) < 4.78 is 5.02. The van der Waals surface area contributed by atoms with E-state index in [1.807, 2.05) is 0 Å². The third-order valence-corrected chi connectivity index (χ3v) is 2.83. The third-order valence-electron chi connectivity index (χ3n) is 2.62. The van der Waals surface area contributed by atoms with Crippen LogP contribution in [0.25, 0.3) is 0 Å². The molecular formula is C13H10ClN3O4. The number of hydrogen-bond donors (Lipinski definition) is 1. The number of carbonyl (C=O) groups is 1. The number of amides is 1. The molecule has 21 heavy (non-hydrogen) atoms. The van der Waals surface area contributed by atoms with E-state index in [1.54, 1.807) is 6.07 Å². The second-order valence-electron chi connectivity index (χ2n) is 3.96. The van der Waals surface area contributed by atoms with Gasteiger partial charge in [-0.3, -0.25) is 14.9 Å². The van der Waals surface area contributed by atoms with Gasteiger partial charge in [0.15, 0.2) is 0 Å². The first-order valence-electron chi connectivity index (χ1n) is 5.76. The molecule has 1 N–H and O–H groups in total. The number of carbonyl (C=O) groups excluding carboxylic acids is 1. The molecule has 1 aromatic carbocycles. The number of nitro groups is 1. The Morgan fingerprint density at radius 3 is 2.76 bits per heavy atom. The number of benzene rings is 1. The molecule has 8 heteroatoms. The van der Waals surface area contributed by atoms with Crippen LogP contribution < -0.4 is 10.1 Å². The van der Waals surface area contributed by atoms with Crippen LogP contribution in [0.1, 0.15) is 10.4 Å². The average Bonchev–Trinajstić information content (AvgIpc) is 2.46. The van der Waals surface area contributed by atoms with Crippen molar-refractivity contribution < 1.29 is 14.5 Å². The molecule has 0 unspecified atom stereocenters. The predicted octanol–water partition coefficient (Wildman–Crippen LogP) is 2.90. The molecule has 0 aliphatic rings. The van der Waals surface area contributed by atoms with Gasteiger partial charge >= 0.3 is 0 Å². The summed E-state index contributed by atoms with van der Waals surface area (Å²) in [6, 6.07) is 6.81. The number of halogens is 1. The molecule has 0 saturated heterocycles. The highest BCUT2D eigenvalue weighted by molar-refractivity contribution is 6.29. The molecule has 0 aliphatic heterocycles. The summed E-state index contributed by atoms with van der Waals surface area (Å²) in [5.74, 6) is -0.356. The summed E-state index contributed by atoms with van der Waals surface area (Å²) in [6.07, 6.45) is 1.45. The van der Waals surface area contributed by atoms with Gasteiger partial charge in [-0.1, -0.05) is 11.6 Å². The van der Waals surface area contributed by atoms with Crippen LogP contribution in [0.5, 0.6) is 5.75 Å². The van der Waals surface area contributed by atoms with Crippen LogP contribution >= 0.6 is 11.6 Å². The zero-order valence-electron chi connectivity index (χ0n) is 10.9. The van der Waals surface area contributed by atoms with Gasteiger partial charge in [0.05, 0.1) is 23.7 Å². The molecule has 0 fully saturated rings. The normalized spacial score (nSPS) is 10.0. The van der Waals surface area contributed by atoms with Crippen LogP contribution in [0.3, 0.4) is 0 Å². The Balaban J connectivity index is 2.28. The molecule has 1 heterocycles. The lowest BCUT2D eigenvalue weighted by Gasteiger charge is -2.09. The zero-order valence-corrected chi connectivity index (χ0v) is 11.6. The number of hydrogen-bond acceptors (Lipinski definition) is 5. The molecule has 1 aromatic heterocycles. The Morgan fingerprint density at radius 2 is 2.14 bits per heavy atom. The van der Waals surface area contributed by atoms with Crippen molar-refractivity contribution in [2.75, 3.05) is 12.4 Å². The Morgan fingerprint density at radius 1 is 1.38 bits per heavy atom. The van der Waals surface area contributed by atoms with Gasteiger partial charge in [-0.15, -0.1) is 0 Å². The lowest BCUT2D eigenvalue weighted by atomic mass is 10.1. The SMILES string of the molecule is COc1cc([N+](=O)[O-])ccc1C(=O)Nc1ccnc(Cl)c1. The monoisotopic (exact) mass is 307 g/mol. The molecule has 1 amide bonds. The molecule has 0 radical (unpaired) electrons. The summed E-state index contributed by atoms with van der Waals surface area (Å²) in [5.41, 5.74) is 0.479. The van der Waals surface area contributed by atoms with E-state index in [9.17, 15) is 14.9 Å². The maximum atomic E-state index is 12.2. The Bertz CT molecular complexity index is 706. The number of methoxy groups -OCH3 is 1. The second kappa shape index (κ2) is 6.19. The van der Waals surface area contributed by atoms with E-state index >= 15 is 0 Å². The van der Waals surface area contributed by atoms with Crippen molar-refractivity contribution in [3.63, 3.8) is 0 Å². The smallest absolute Gasteiger partial charge is 0.273 e. The van der Waals surface area contributed by atoms with E-state index in [0.717, 1.165) is 0 Å². The van der Waals surface area contributed by atoms with E-state index in [2.05, 4.69) is 10.3 Å². The van der Waals surface area contributed by atoms with Gasteiger partial charge in [-0.05, 0) is 18.2 Å². The van der Waals surface area contributed by atoms with Gasteiger partial charge in [-0.25, -0.2) is 4.98 Å². The molecule has 7 nitrogen and oxygen atoms in total. The summed E-state index contributed by atoms with van der Waals surface area (Å²) in [5, 5.41) is 13.6. The second-order valence-corrected chi connectivity index (χ2v) is 4.35. The van der Waals surface area contributed by atoms with Gasteiger partial charge in [0.1, 0.15) is 10.9 Å². The number of non-ortho nitro benzene ring substituents is 1. The number of rotatable bonds is 4. The predicted molar refractivity (Wildman–Crippen MR) is 76.8 cm³/mol. The number of nitrogens with zero attached hydrogens (tertiary/aromatic N) is 2. The lowest BCUT2D eigenvalue weighted by Crippen LogP contribution is -2.13. The number of anilines is 1. The first-order chi connectivity index (χ1) is 10.0. The number of aromatic nitrogens is 1. The summed E-state index contributed by atoms with van der Waals surface area (Å²) in [6.45, 7) is 0. The molecular weight excluding hydrogens is 298 g/mol. The van der Waals surface area contributed by atoms with Gasteiger partial charge in [0.2, 0.25) is 0 Å². The van der Waals surface area contributed by atoms with E-state index in [0.29, 0.717) is 5.69 Å². The van der Waals surface area contributed by atoms with E-state index in [1.165, 1.54) is 37.6 Å². The molecule has 2 rings (SSSR count). The van der Waals surface area contributed by atoms with Crippen molar-refractivity contribution in [2.24, 2.45) is 0 Å². The molecule has 2 aromatic rings. The Hall–Kier alpha value is -2.67. The van der Waals surface area contributed by atoms with Crippen molar-refractivity contribution in [1.29, 1.82) is 0 Å². The average molecular weight is 308 g/mol. The Kier molecular flexibility index (Phi) is 4.34. The number of ether oxygens (including phenoxy) is 1. The van der Waals surface area contributed by atoms with E-state index in [-0.39, 0.29) is 22.2 Å². The molecule has 0 saturated carbocycles. The van der Waals surface area contributed by atoms with Crippen molar-refractivity contribution >= 4 is 28.9 Å². The maximum absolute atomic E-state index is 12.2. The third kappa shape index (κ3) is 3.46. The van der Waals surface area contributed by atoms with Crippen LogP contribution in [0, 0.1) is 10.1 Å². The summed E-state index contributed by atoms with van der Waals surface area (Å²) in [7, 11) is 1.33. The van der Waals surface area contributed by atoms with Gasteiger partial charge in [0.25, 0.3) is 11.6 Å². The highest BCUT2D eigenvalue weighted by atomic mass is 35.5. The first-order valence-corrected chi connectivity index (χ1v) is 6.14. The minimum Gasteiger partial charge on any atom is -0.496 e. The van der Waals surface area contributed by atoms with Crippen LogP contribution in [0.2, 0.25) is 5.15 Å². The van der Waals surface area contributed by atoms with Gasteiger partial charge < -0.3 is 10.1 Å². The van der Waals surface area contributed by atoms with Gasteiger partial charge in [0, 0.05) is 18.0 Å². The molecule has 0 bridgehead atoms. The topological polar surface area (TPSA) is 94.4 Å². The molecule has 108 valence electrons. The standard InChI is InChI=1S/C13H10ClN3O4/c1-21-11-7-9(17(19)20)2-3-10(11)13(18)16-8-4-5-15-12(14)6-8/h2-7H,1H3,(H,15,16,18). The van der Waals surface area contributed by atoms with Gasteiger partial charge in [-0.2, -0.15) is 0 Å². The zero-order chi connectivity index (χ0) is 15.4. The van der Waals surface area contributed by atoms with Crippen LogP contribution in [-0.2, 0) is 0 Å². The first kappa shape index (κ1) is 14.7. The van der Waals surface area contributed by atoms with Crippen molar-refractivity contribution in [1.82, 2.24) is 4.98 Å². The highest BCUT2D eigenvalue weighted by Gasteiger charge is 2.17. The highest BCUT2D eigenvalue weighted by Crippen LogP contribution is 2.25. The van der Waals surface area contributed by atoms with Crippen molar-refractivity contribution in [2.45, 2.75) is 0 Å². The van der Waals surface area contributed by atoms with Crippen molar-refractivity contribution in [3.05, 3.63) is 57.4 Å². The Labute approximate surface area is 124 Å². The fourth-order valence-electron chi connectivity index (χ4n) is 1.66. The number of nitro benzene ring substituents is 1. The summed E-state index contributed by atoms with van der Waals surface area (Å²) >= 11 is 5.73. The number of nitrogens with one attached hydrogen (secondary N) is 1. The largest absolute Gasteiger partial charge is 0.496 e.